The van der Waals surface area contributed by atoms with Crippen LogP contribution in [0.3, 0.4) is 0 Å². The first kappa shape index (κ1) is 16.9. The van der Waals surface area contributed by atoms with E-state index in [1.807, 2.05) is 19.1 Å². The summed E-state index contributed by atoms with van der Waals surface area (Å²) in [6.45, 7) is 1.58. The van der Waals surface area contributed by atoms with Gasteiger partial charge in [-0.15, -0.1) is 0 Å². The van der Waals surface area contributed by atoms with E-state index in [1.54, 1.807) is 0 Å². The van der Waals surface area contributed by atoms with E-state index in [-0.39, 0.29) is 13.0 Å². The molecule has 1 aromatic rings. The average molecular weight is 410 g/mol. The van der Waals surface area contributed by atoms with Crippen molar-refractivity contribution in [1.29, 1.82) is 0 Å². The maximum atomic E-state index is 11.8. The number of rotatable bonds is 5. The lowest BCUT2D eigenvalue weighted by Crippen LogP contribution is -2.43. The summed E-state index contributed by atoms with van der Waals surface area (Å²) in [5, 5.41) is 22.5. The van der Waals surface area contributed by atoms with E-state index in [4.69, 9.17) is 10.2 Å². The van der Waals surface area contributed by atoms with Gasteiger partial charge in [0.2, 0.25) is 0 Å². The molecule has 0 radical (unpaired) electrons. The number of carboxylic acid groups (broad SMARTS) is 1. The molecule has 0 fully saturated rings. The second-order valence-corrected chi connectivity index (χ2v) is 5.81. The number of aliphatic carboxylic acids is 1. The summed E-state index contributed by atoms with van der Waals surface area (Å²) in [6.07, 6.45) is -0.0566. The van der Waals surface area contributed by atoms with Crippen molar-refractivity contribution >= 4 is 49.5 Å². The van der Waals surface area contributed by atoms with Crippen LogP contribution in [0.2, 0.25) is 0 Å². The number of hydrogen-bond donors (Lipinski definition) is 4. The lowest BCUT2D eigenvalue weighted by Gasteiger charge is -2.15. The maximum Gasteiger partial charge on any atom is 0.326 e. The molecule has 0 spiro atoms. The molecule has 0 heterocycles. The predicted molar refractivity (Wildman–Crippen MR) is 81.9 cm³/mol. The monoisotopic (exact) mass is 408 g/mol. The molecule has 1 rings (SSSR count). The van der Waals surface area contributed by atoms with Crippen LogP contribution >= 0.6 is 31.9 Å². The summed E-state index contributed by atoms with van der Waals surface area (Å²) in [7, 11) is 0. The highest BCUT2D eigenvalue weighted by atomic mass is 79.9. The summed E-state index contributed by atoms with van der Waals surface area (Å²) in [6, 6.07) is 1.85. The minimum atomic E-state index is -1.20. The molecule has 0 unspecified atom stereocenters. The van der Waals surface area contributed by atoms with Crippen LogP contribution in [0.1, 0.15) is 12.0 Å². The van der Waals surface area contributed by atoms with Crippen molar-refractivity contribution < 1.29 is 19.8 Å². The van der Waals surface area contributed by atoms with Gasteiger partial charge in [-0.25, -0.2) is 9.59 Å². The second-order valence-electron chi connectivity index (χ2n) is 4.11. The van der Waals surface area contributed by atoms with Gasteiger partial charge >= 0.3 is 12.0 Å². The Morgan fingerprint density at radius 1 is 1.30 bits per heavy atom. The standard InChI is InChI=1S/C12H14Br2N2O4/c1-6-4-7(13)10(8(14)5-6)16-12(20)15-9(2-3-17)11(18)19/h4-5,9,17H,2-3H2,1H3,(H,18,19)(H2,15,16,20)/t9-/m1/s1. The number of aliphatic hydroxyl groups is 1. The van der Waals surface area contributed by atoms with Crippen molar-refractivity contribution in [1.82, 2.24) is 5.32 Å². The second kappa shape index (κ2) is 7.61. The van der Waals surface area contributed by atoms with E-state index >= 15 is 0 Å². The lowest BCUT2D eigenvalue weighted by atomic mass is 10.2. The molecule has 6 nitrogen and oxygen atoms in total. The van der Waals surface area contributed by atoms with Crippen LogP contribution in [0.25, 0.3) is 0 Å². The largest absolute Gasteiger partial charge is 0.480 e. The number of hydrogen-bond acceptors (Lipinski definition) is 3. The summed E-state index contributed by atoms with van der Waals surface area (Å²) in [5.74, 6) is -1.20. The summed E-state index contributed by atoms with van der Waals surface area (Å²) in [5.41, 5.74) is 1.50. The first-order valence-electron chi connectivity index (χ1n) is 5.72. The van der Waals surface area contributed by atoms with Crippen LogP contribution in [0.4, 0.5) is 10.5 Å². The zero-order valence-corrected chi connectivity index (χ0v) is 13.8. The van der Waals surface area contributed by atoms with Gasteiger partial charge in [0.1, 0.15) is 6.04 Å². The Morgan fingerprint density at radius 2 is 1.85 bits per heavy atom. The third-order valence-corrected chi connectivity index (χ3v) is 3.70. The van der Waals surface area contributed by atoms with Crippen LogP contribution in [-0.2, 0) is 4.79 Å². The number of carbonyl (C=O) groups is 2. The van der Waals surface area contributed by atoms with Crippen molar-refractivity contribution in [2.45, 2.75) is 19.4 Å². The number of benzene rings is 1. The smallest absolute Gasteiger partial charge is 0.326 e. The van der Waals surface area contributed by atoms with E-state index in [9.17, 15) is 9.59 Å². The number of amides is 2. The van der Waals surface area contributed by atoms with E-state index < -0.39 is 18.0 Å². The molecule has 1 atom stereocenters. The molecule has 0 aliphatic heterocycles. The summed E-state index contributed by atoms with van der Waals surface area (Å²) in [4.78, 5) is 22.7. The Balaban J connectivity index is 2.78. The first-order chi connectivity index (χ1) is 9.35. The molecule has 2 amide bonds. The first-order valence-corrected chi connectivity index (χ1v) is 7.30. The number of carbonyl (C=O) groups excluding carboxylic acids is 1. The highest BCUT2D eigenvalue weighted by Crippen LogP contribution is 2.32. The molecule has 0 aliphatic carbocycles. The van der Waals surface area contributed by atoms with E-state index in [0.717, 1.165) is 5.56 Å². The molecule has 20 heavy (non-hydrogen) atoms. The summed E-state index contributed by atoms with van der Waals surface area (Å²) < 4.78 is 1.35. The fraction of sp³-hybridized carbons (Fsp3) is 0.333. The van der Waals surface area contributed by atoms with Gasteiger partial charge in [0.15, 0.2) is 0 Å². The van der Waals surface area contributed by atoms with E-state index in [1.165, 1.54) is 0 Å². The molecule has 110 valence electrons. The van der Waals surface area contributed by atoms with Crippen molar-refractivity contribution in [2.75, 3.05) is 11.9 Å². The maximum absolute atomic E-state index is 11.8. The van der Waals surface area contributed by atoms with Crippen LogP contribution in [0, 0.1) is 6.92 Å². The minimum absolute atomic E-state index is 0.0566. The summed E-state index contributed by atoms with van der Waals surface area (Å²) >= 11 is 6.65. The number of aliphatic hydroxyl groups excluding tert-OH is 1. The normalized spacial score (nSPS) is 11.8. The van der Waals surface area contributed by atoms with E-state index in [2.05, 4.69) is 42.5 Å². The minimum Gasteiger partial charge on any atom is -0.480 e. The molecule has 0 saturated heterocycles. The number of halogens is 2. The van der Waals surface area contributed by atoms with Crippen LogP contribution in [0.15, 0.2) is 21.1 Å². The van der Waals surface area contributed by atoms with Crippen LogP contribution in [0.5, 0.6) is 0 Å². The fourth-order valence-corrected chi connectivity index (χ4v) is 3.13. The average Bonchev–Trinajstić information content (AvgIpc) is 2.33. The number of urea groups is 1. The van der Waals surface area contributed by atoms with E-state index in [0.29, 0.717) is 14.6 Å². The van der Waals surface area contributed by atoms with Gasteiger partial charge in [-0.3, -0.25) is 0 Å². The zero-order chi connectivity index (χ0) is 15.3. The zero-order valence-electron chi connectivity index (χ0n) is 10.6. The fourth-order valence-electron chi connectivity index (χ4n) is 1.51. The molecule has 4 N–H and O–H groups in total. The van der Waals surface area contributed by atoms with Crippen molar-refractivity contribution in [2.24, 2.45) is 0 Å². The topological polar surface area (TPSA) is 98.7 Å². The Hall–Kier alpha value is -1.12. The quantitative estimate of drug-likeness (QED) is 0.600. The SMILES string of the molecule is Cc1cc(Br)c(NC(=O)N[C@H](CCO)C(=O)O)c(Br)c1. The van der Waals surface area contributed by atoms with Gasteiger partial charge < -0.3 is 20.8 Å². The Morgan fingerprint density at radius 3 is 2.30 bits per heavy atom. The van der Waals surface area contributed by atoms with Crippen molar-refractivity contribution in [3.63, 3.8) is 0 Å². The number of anilines is 1. The number of carboxylic acids is 1. The molecule has 0 aliphatic rings. The molecule has 1 aromatic carbocycles. The van der Waals surface area contributed by atoms with Crippen molar-refractivity contribution in [3.05, 3.63) is 26.6 Å². The third kappa shape index (κ3) is 4.77. The molecule has 8 heteroatoms. The van der Waals surface area contributed by atoms with Gasteiger partial charge in [-0.05, 0) is 56.5 Å². The Kier molecular flexibility index (Phi) is 6.44. The third-order valence-electron chi connectivity index (χ3n) is 2.45. The molecule has 0 aromatic heterocycles. The predicted octanol–water partition coefficient (Wildman–Crippen LogP) is 2.48. The van der Waals surface area contributed by atoms with Gasteiger partial charge in [-0.2, -0.15) is 0 Å². The van der Waals surface area contributed by atoms with Crippen LogP contribution < -0.4 is 10.6 Å². The molecular weight excluding hydrogens is 396 g/mol. The Labute approximate surface area is 132 Å². The number of aryl methyl sites for hydroxylation is 1. The molecule has 0 saturated carbocycles. The highest BCUT2D eigenvalue weighted by Gasteiger charge is 2.20. The molecular formula is C12H14Br2N2O4. The Bertz CT molecular complexity index is 499. The van der Waals surface area contributed by atoms with Crippen LogP contribution in [-0.4, -0.2) is 34.9 Å². The lowest BCUT2D eigenvalue weighted by molar-refractivity contribution is -0.139. The van der Waals surface area contributed by atoms with Crippen molar-refractivity contribution in [3.8, 4) is 0 Å². The molecule has 0 bridgehead atoms. The van der Waals surface area contributed by atoms with Gasteiger partial charge in [0, 0.05) is 22.0 Å². The number of nitrogens with one attached hydrogen (secondary N) is 2. The highest BCUT2D eigenvalue weighted by molar-refractivity contribution is 9.11. The van der Waals surface area contributed by atoms with Gasteiger partial charge in [-0.1, -0.05) is 0 Å². The van der Waals surface area contributed by atoms with Gasteiger partial charge in [0.25, 0.3) is 0 Å². The van der Waals surface area contributed by atoms with Gasteiger partial charge in [0.05, 0.1) is 5.69 Å².